The molecule has 1 amide bonds. The average Bonchev–Trinajstić information content (AvgIpc) is 2.68. The maximum atomic E-state index is 12.6. The van der Waals surface area contributed by atoms with E-state index in [0.717, 1.165) is 26.2 Å². The summed E-state index contributed by atoms with van der Waals surface area (Å²) in [5.74, 6) is 0.195. The zero-order chi connectivity index (χ0) is 17.7. The van der Waals surface area contributed by atoms with Crippen LogP contribution < -0.4 is 5.32 Å². The predicted octanol–water partition coefficient (Wildman–Crippen LogP) is -0.185. The lowest BCUT2D eigenvalue weighted by atomic mass is 10.2. The first-order chi connectivity index (χ1) is 12.1. The summed E-state index contributed by atoms with van der Waals surface area (Å²) in [6.45, 7) is 6.26. The molecule has 25 heavy (non-hydrogen) atoms. The fraction of sp³-hybridized carbons (Fsp3) is 0.588. The smallest absolute Gasteiger partial charge is 0.243 e. The largest absolute Gasteiger partial charge is 0.340 e. The average molecular weight is 366 g/mol. The molecule has 7 nitrogen and oxygen atoms in total. The molecule has 2 aliphatic rings. The van der Waals surface area contributed by atoms with E-state index in [9.17, 15) is 13.2 Å². The molecule has 3 rings (SSSR count). The third kappa shape index (κ3) is 4.58. The minimum Gasteiger partial charge on any atom is -0.340 e. The van der Waals surface area contributed by atoms with Crippen LogP contribution in [0, 0.1) is 0 Å². The molecule has 0 aliphatic carbocycles. The molecule has 2 fully saturated rings. The molecule has 1 aromatic carbocycles. The van der Waals surface area contributed by atoms with Crippen LogP contribution >= 0.6 is 0 Å². The van der Waals surface area contributed by atoms with Crippen molar-refractivity contribution in [3.05, 3.63) is 30.3 Å². The van der Waals surface area contributed by atoms with E-state index in [2.05, 4.69) is 10.2 Å². The highest BCUT2D eigenvalue weighted by atomic mass is 32.2. The summed E-state index contributed by atoms with van der Waals surface area (Å²) in [5.41, 5.74) is 0. The summed E-state index contributed by atoms with van der Waals surface area (Å²) in [6, 6.07) is 8.56. The number of nitrogens with zero attached hydrogens (tertiary/aromatic N) is 3. The highest BCUT2D eigenvalue weighted by molar-refractivity contribution is 7.89. The van der Waals surface area contributed by atoms with Crippen LogP contribution in [0.2, 0.25) is 0 Å². The van der Waals surface area contributed by atoms with E-state index in [4.69, 9.17) is 0 Å². The second kappa shape index (κ2) is 8.27. The molecule has 2 saturated heterocycles. The fourth-order valence-corrected chi connectivity index (χ4v) is 4.70. The topological polar surface area (TPSA) is 73.0 Å². The van der Waals surface area contributed by atoms with Crippen LogP contribution in [-0.4, -0.2) is 87.3 Å². The van der Waals surface area contributed by atoms with Crippen LogP contribution in [0.5, 0.6) is 0 Å². The van der Waals surface area contributed by atoms with E-state index >= 15 is 0 Å². The Morgan fingerprint density at radius 2 is 1.60 bits per heavy atom. The number of nitrogens with one attached hydrogen (secondary N) is 1. The number of carbonyl (C=O) groups is 1. The van der Waals surface area contributed by atoms with Gasteiger partial charge in [0.25, 0.3) is 0 Å². The lowest BCUT2D eigenvalue weighted by molar-refractivity contribution is -0.132. The minimum absolute atomic E-state index is 0.195. The molecule has 1 aromatic rings. The molecule has 0 aromatic heterocycles. The number of rotatable bonds is 5. The van der Waals surface area contributed by atoms with Gasteiger partial charge in [0.05, 0.1) is 4.90 Å². The molecule has 1 N–H and O–H groups in total. The van der Waals surface area contributed by atoms with Crippen LogP contribution in [0.25, 0.3) is 0 Å². The Bertz CT molecular complexity index is 666. The van der Waals surface area contributed by atoms with E-state index in [1.165, 1.54) is 4.31 Å². The Balaban J connectivity index is 1.46. The van der Waals surface area contributed by atoms with Crippen molar-refractivity contribution in [1.29, 1.82) is 0 Å². The summed E-state index contributed by atoms with van der Waals surface area (Å²) >= 11 is 0. The summed E-state index contributed by atoms with van der Waals surface area (Å²) in [6.07, 6.45) is 0.505. The maximum absolute atomic E-state index is 12.6. The minimum atomic E-state index is -3.41. The number of carbonyl (C=O) groups excluding carboxylic acids is 1. The van der Waals surface area contributed by atoms with Crippen LogP contribution in [0.3, 0.4) is 0 Å². The molecule has 8 heteroatoms. The number of hydrogen-bond donors (Lipinski definition) is 1. The molecule has 2 heterocycles. The van der Waals surface area contributed by atoms with Crippen LogP contribution in [0.1, 0.15) is 6.42 Å². The number of amides is 1. The number of benzene rings is 1. The molecule has 0 bridgehead atoms. The van der Waals surface area contributed by atoms with Gasteiger partial charge in [-0.15, -0.1) is 0 Å². The van der Waals surface area contributed by atoms with Crippen molar-refractivity contribution in [3.63, 3.8) is 0 Å². The molecular formula is C17H26N4O3S. The second-order valence-electron chi connectivity index (χ2n) is 6.44. The normalized spacial score (nSPS) is 20.6. The van der Waals surface area contributed by atoms with Crippen molar-refractivity contribution < 1.29 is 13.2 Å². The monoisotopic (exact) mass is 366 g/mol. The highest BCUT2D eigenvalue weighted by Gasteiger charge is 2.28. The first-order valence-electron chi connectivity index (χ1n) is 8.83. The van der Waals surface area contributed by atoms with Crippen LogP contribution in [-0.2, 0) is 14.8 Å². The lowest BCUT2D eigenvalue weighted by Crippen LogP contribution is -2.50. The highest BCUT2D eigenvalue weighted by Crippen LogP contribution is 2.17. The Morgan fingerprint density at radius 1 is 0.960 bits per heavy atom. The lowest BCUT2D eigenvalue weighted by Gasteiger charge is -2.34. The van der Waals surface area contributed by atoms with Crippen molar-refractivity contribution in [1.82, 2.24) is 19.4 Å². The molecule has 0 saturated carbocycles. The summed E-state index contributed by atoms with van der Waals surface area (Å²) < 4.78 is 26.8. The Kier molecular flexibility index (Phi) is 6.06. The van der Waals surface area contributed by atoms with Gasteiger partial charge >= 0.3 is 0 Å². The Morgan fingerprint density at radius 3 is 2.24 bits per heavy atom. The number of sulfonamides is 1. The van der Waals surface area contributed by atoms with Gasteiger partial charge in [-0.3, -0.25) is 4.79 Å². The summed E-state index contributed by atoms with van der Waals surface area (Å²) in [4.78, 5) is 16.6. The SMILES string of the molecule is O=C(CCN1CCN(S(=O)(=O)c2ccccc2)CC1)N1CCNCC1. The Hall–Kier alpha value is -1.48. The molecule has 2 aliphatic heterocycles. The van der Waals surface area contributed by atoms with Gasteiger partial charge in [-0.25, -0.2) is 8.42 Å². The molecule has 0 radical (unpaired) electrons. The quantitative estimate of drug-likeness (QED) is 0.782. The van der Waals surface area contributed by atoms with Gasteiger partial charge in [0.1, 0.15) is 0 Å². The van der Waals surface area contributed by atoms with Gasteiger partial charge in [0.15, 0.2) is 0 Å². The van der Waals surface area contributed by atoms with E-state index < -0.39 is 10.0 Å². The standard InChI is InChI=1S/C17H26N4O3S/c22-17(20-10-7-18-8-11-20)6-9-19-12-14-21(15-13-19)25(23,24)16-4-2-1-3-5-16/h1-5,18H,6-15H2. The second-order valence-corrected chi connectivity index (χ2v) is 8.38. The van der Waals surface area contributed by atoms with Gasteiger partial charge in [0, 0.05) is 65.3 Å². The van der Waals surface area contributed by atoms with Gasteiger partial charge in [-0.1, -0.05) is 18.2 Å². The maximum Gasteiger partial charge on any atom is 0.243 e. The third-order valence-corrected chi connectivity index (χ3v) is 6.74. The number of piperazine rings is 2. The van der Waals surface area contributed by atoms with Gasteiger partial charge in [-0.2, -0.15) is 4.31 Å². The van der Waals surface area contributed by atoms with E-state index in [-0.39, 0.29) is 5.91 Å². The van der Waals surface area contributed by atoms with Crippen molar-refractivity contribution in [2.45, 2.75) is 11.3 Å². The third-order valence-electron chi connectivity index (χ3n) is 4.82. The van der Waals surface area contributed by atoms with E-state index in [0.29, 0.717) is 44.0 Å². The first kappa shape index (κ1) is 18.3. The van der Waals surface area contributed by atoms with Crippen molar-refractivity contribution in [2.75, 3.05) is 58.9 Å². The van der Waals surface area contributed by atoms with Gasteiger partial charge in [0.2, 0.25) is 15.9 Å². The van der Waals surface area contributed by atoms with E-state index in [1.807, 2.05) is 11.0 Å². The predicted molar refractivity (Wildman–Crippen MR) is 95.7 cm³/mol. The Labute approximate surface area is 149 Å². The van der Waals surface area contributed by atoms with Crippen LogP contribution in [0.4, 0.5) is 0 Å². The molecule has 0 atom stereocenters. The van der Waals surface area contributed by atoms with Gasteiger partial charge in [-0.05, 0) is 12.1 Å². The van der Waals surface area contributed by atoms with Crippen molar-refractivity contribution in [2.24, 2.45) is 0 Å². The van der Waals surface area contributed by atoms with Crippen LogP contribution in [0.15, 0.2) is 35.2 Å². The zero-order valence-electron chi connectivity index (χ0n) is 14.4. The fourth-order valence-electron chi connectivity index (χ4n) is 3.26. The van der Waals surface area contributed by atoms with Crippen molar-refractivity contribution >= 4 is 15.9 Å². The van der Waals surface area contributed by atoms with Gasteiger partial charge < -0.3 is 15.1 Å². The van der Waals surface area contributed by atoms with Crippen molar-refractivity contribution in [3.8, 4) is 0 Å². The summed E-state index contributed by atoms with van der Waals surface area (Å²) in [5, 5.41) is 3.24. The molecule has 0 spiro atoms. The van der Waals surface area contributed by atoms with E-state index in [1.54, 1.807) is 24.3 Å². The molecule has 0 unspecified atom stereocenters. The number of hydrogen-bond acceptors (Lipinski definition) is 5. The summed E-state index contributed by atoms with van der Waals surface area (Å²) in [7, 11) is -3.41. The first-order valence-corrected chi connectivity index (χ1v) is 10.3. The molecular weight excluding hydrogens is 340 g/mol. The molecule has 138 valence electrons. The zero-order valence-corrected chi connectivity index (χ0v) is 15.2.